The summed E-state index contributed by atoms with van der Waals surface area (Å²) in [6.07, 6.45) is -0.0341. The molecule has 0 N–H and O–H groups in total. The van der Waals surface area contributed by atoms with E-state index in [1.54, 1.807) is 6.92 Å². The topological polar surface area (TPSA) is 87.5 Å². The Labute approximate surface area is 128 Å². The first-order valence-corrected chi connectivity index (χ1v) is 7.96. The van der Waals surface area contributed by atoms with Crippen LogP contribution in [0.3, 0.4) is 0 Å². The highest BCUT2D eigenvalue weighted by Crippen LogP contribution is 2.22. The molecule has 0 aliphatic heterocycles. The number of nitrogens with zero attached hydrogens (tertiary/aromatic N) is 2. The average Bonchev–Trinajstić information content (AvgIpc) is 2.44. The molecule has 114 valence electrons. The predicted octanol–water partition coefficient (Wildman–Crippen LogP) is 1.79. The second-order valence-electron chi connectivity index (χ2n) is 4.14. The summed E-state index contributed by atoms with van der Waals surface area (Å²) >= 11 is 5.83. The zero-order valence-electron chi connectivity index (χ0n) is 11.7. The van der Waals surface area contributed by atoms with Gasteiger partial charge in [-0.2, -0.15) is 5.26 Å². The maximum Gasteiger partial charge on any atom is 0.307 e. The molecular weight excluding hydrogens is 316 g/mol. The Bertz CT molecular complexity index is 667. The molecule has 0 spiro atoms. The number of rotatable bonds is 6. The van der Waals surface area contributed by atoms with Crippen LogP contribution in [0.2, 0.25) is 5.02 Å². The fourth-order valence-electron chi connectivity index (χ4n) is 1.53. The van der Waals surface area contributed by atoms with Gasteiger partial charge in [0, 0.05) is 13.6 Å². The fraction of sp³-hybridized carbons (Fsp3) is 0.385. The van der Waals surface area contributed by atoms with Crippen LogP contribution in [0.25, 0.3) is 0 Å². The molecule has 1 aromatic rings. The standard InChI is InChI=1S/C13H15ClN2O4S/c1-3-20-13(17)6-7-16(2)21(18,19)11-5-4-10(9-15)12(14)8-11/h4-5,8H,3,6-7H2,1-2H3. The minimum absolute atomic E-state index is 0.00120. The Balaban J connectivity index is 2.88. The molecule has 0 amide bonds. The first kappa shape index (κ1) is 17.4. The zero-order valence-corrected chi connectivity index (χ0v) is 13.2. The van der Waals surface area contributed by atoms with E-state index in [0.29, 0.717) is 0 Å². The van der Waals surface area contributed by atoms with Gasteiger partial charge in [0.15, 0.2) is 0 Å². The van der Waals surface area contributed by atoms with E-state index >= 15 is 0 Å². The summed E-state index contributed by atoms with van der Waals surface area (Å²) in [5.41, 5.74) is 0.199. The molecule has 0 saturated heterocycles. The lowest BCUT2D eigenvalue weighted by molar-refractivity contribution is -0.143. The van der Waals surface area contributed by atoms with E-state index in [9.17, 15) is 13.2 Å². The molecular formula is C13H15ClN2O4S. The van der Waals surface area contributed by atoms with Crippen LogP contribution >= 0.6 is 11.6 Å². The van der Waals surface area contributed by atoms with E-state index in [0.717, 1.165) is 4.31 Å². The number of carbonyl (C=O) groups excluding carboxylic acids is 1. The van der Waals surface area contributed by atoms with Crippen LogP contribution in [0.4, 0.5) is 0 Å². The van der Waals surface area contributed by atoms with E-state index in [1.807, 2.05) is 6.07 Å². The van der Waals surface area contributed by atoms with Gasteiger partial charge < -0.3 is 4.74 Å². The lowest BCUT2D eigenvalue weighted by Crippen LogP contribution is -2.29. The van der Waals surface area contributed by atoms with Gasteiger partial charge in [0.2, 0.25) is 10.0 Å². The average molecular weight is 331 g/mol. The molecule has 0 atom stereocenters. The van der Waals surface area contributed by atoms with Crippen molar-refractivity contribution in [2.75, 3.05) is 20.2 Å². The minimum Gasteiger partial charge on any atom is -0.466 e. The summed E-state index contributed by atoms with van der Waals surface area (Å²) in [7, 11) is -2.40. The number of nitriles is 1. The summed E-state index contributed by atoms with van der Waals surface area (Å²) in [4.78, 5) is 11.2. The van der Waals surface area contributed by atoms with Crippen molar-refractivity contribution >= 4 is 27.6 Å². The van der Waals surface area contributed by atoms with Crippen molar-refractivity contribution in [2.45, 2.75) is 18.2 Å². The molecule has 0 heterocycles. The highest BCUT2D eigenvalue weighted by Gasteiger charge is 2.22. The largest absolute Gasteiger partial charge is 0.466 e. The van der Waals surface area contributed by atoms with Crippen LogP contribution in [0.1, 0.15) is 18.9 Å². The van der Waals surface area contributed by atoms with Crippen LogP contribution < -0.4 is 0 Å². The van der Waals surface area contributed by atoms with Crippen molar-refractivity contribution in [3.63, 3.8) is 0 Å². The van der Waals surface area contributed by atoms with E-state index in [2.05, 4.69) is 0 Å². The van der Waals surface area contributed by atoms with Gasteiger partial charge in [0.1, 0.15) is 6.07 Å². The molecule has 0 aliphatic carbocycles. The van der Waals surface area contributed by atoms with Gasteiger partial charge in [-0.15, -0.1) is 0 Å². The van der Waals surface area contributed by atoms with Gasteiger partial charge in [-0.3, -0.25) is 4.79 Å². The van der Waals surface area contributed by atoms with E-state index in [1.165, 1.54) is 25.2 Å². The minimum atomic E-state index is -3.77. The molecule has 1 aromatic carbocycles. The molecule has 0 saturated carbocycles. The van der Waals surface area contributed by atoms with Gasteiger partial charge in [-0.1, -0.05) is 11.6 Å². The van der Waals surface area contributed by atoms with Crippen molar-refractivity contribution < 1.29 is 17.9 Å². The summed E-state index contributed by atoms with van der Waals surface area (Å²) in [6, 6.07) is 5.72. The van der Waals surface area contributed by atoms with Gasteiger partial charge in [0.25, 0.3) is 0 Å². The highest BCUT2D eigenvalue weighted by atomic mass is 35.5. The van der Waals surface area contributed by atoms with Gasteiger partial charge in [0.05, 0.1) is 28.5 Å². The summed E-state index contributed by atoms with van der Waals surface area (Å²) in [6.45, 7) is 1.93. The number of hydrogen-bond acceptors (Lipinski definition) is 5. The van der Waals surface area contributed by atoms with Gasteiger partial charge in [-0.25, -0.2) is 12.7 Å². The molecule has 8 heteroatoms. The third kappa shape index (κ3) is 4.43. The maximum atomic E-state index is 12.3. The highest BCUT2D eigenvalue weighted by molar-refractivity contribution is 7.89. The summed E-state index contributed by atoms with van der Waals surface area (Å²) in [5, 5.41) is 8.84. The van der Waals surface area contributed by atoms with Crippen LogP contribution in [-0.2, 0) is 19.6 Å². The molecule has 0 radical (unpaired) electrons. The van der Waals surface area contributed by atoms with Crippen LogP contribution in [0.5, 0.6) is 0 Å². The monoisotopic (exact) mass is 330 g/mol. The van der Waals surface area contributed by atoms with Crippen molar-refractivity contribution in [1.29, 1.82) is 5.26 Å². The number of esters is 1. The Morgan fingerprint density at radius 2 is 2.14 bits per heavy atom. The number of benzene rings is 1. The molecule has 0 unspecified atom stereocenters. The van der Waals surface area contributed by atoms with Gasteiger partial charge in [-0.05, 0) is 25.1 Å². The van der Waals surface area contributed by atoms with Crippen LogP contribution in [-0.4, -0.2) is 38.9 Å². The smallest absolute Gasteiger partial charge is 0.307 e. The second-order valence-corrected chi connectivity index (χ2v) is 6.59. The number of carbonyl (C=O) groups is 1. The molecule has 1 rings (SSSR count). The molecule has 6 nitrogen and oxygen atoms in total. The molecule has 21 heavy (non-hydrogen) atoms. The normalized spacial score (nSPS) is 11.2. The second kappa shape index (κ2) is 7.41. The third-order valence-corrected chi connectivity index (χ3v) is 4.87. The molecule has 0 aromatic heterocycles. The Kier molecular flexibility index (Phi) is 6.15. The van der Waals surface area contributed by atoms with E-state index in [-0.39, 0.29) is 35.1 Å². The molecule has 0 aliphatic rings. The zero-order chi connectivity index (χ0) is 16.0. The van der Waals surface area contributed by atoms with Crippen LogP contribution in [0, 0.1) is 11.3 Å². The lowest BCUT2D eigenvalue weighted by atomic mass is 10.2. The lowest BCUT2D eigenvalue weighted by Gasteiger charge is -2.17. The first-order chi connectivity index (χ1) is 9.82. The first-order valence-electron chi connectivity index (χ1n) is 6.14. The SMILES string of the molecule is CCOC(=O)CCN(C)S(=O)(=O)c1ccc(C#N)c(Cl)c1. The number of ether oxygens (including phenoxy) is 1. The summed E-state index contributed by atoms with van der Waals surface area (Å²) < 4.78 is 30.4. The van der Waals surface area contributed by atoms with Crippen molar-refractivity contribution in [3.05, 3.63) is 28.8 Å². The Morgan fingerprint density at radius 1 is 1.48 bits per heavy atom. The van der Waals surface area contributed by atoms with Crippen molar-refractivity contribution in [3.8, 4) is 6.07 Å². The third-order valence-electron chi connectivity index (χ3n) is 2.71. The number of sulfonamides is 1. The van der Waals surface area contributed by atoms with Crippen molar-refractivity contribution in [2.24, 2.45) is 0 Å². The quantitative estimate of drug-likeness (QED) is 0.742. The maximum absolute atomic E-state index is 12.3. The Hall–Kier alpha value is -1.62. The summed E-state index contributed by atoms with van der Waals surface area (Å²) in [5.74, 6) is -0.461. The molecule has 0 bridgehead atoms. The van der Waals surface area contributed by atoms with E-state index < -0.39 is 16.0 Å². The van der Waals surface area contributed by atoms with Crippen molar-refractivity contribution in [1.82, 2.24) is 4.31 Å². The number of halogens is 1. The van der Waals surface area contributed by atoms with E-state index in [4.69, 9.17) is 21.6 Å². The van der Waals surface area contributed by atoms with Crippen LogP contribution in [0.15, 0.2) is 23.1 Å². The number of hydrogen-bond donors (Lipinski definition) is 0. The predicted molar refractivity (Wildman–Crippen MR) is 77.2 cm³/mol. The van der Waals surface area contributed by atoms with Gasteiger partial charge >= 0.3 is 5.97 Å². The molecule has 0 fully saturated rings. The Morgan fingerprint density at radius 3 is 2.67 bits per heavy atom. The fourth-order valence-corrected chi connectivity index (χ4v) is 3.01.